The largest absolute Gasteiger partial charge is 0.271 e. The number of hydrazone groups is 1. The van der Waals surface area contributed by atoms with Crippen molar-refractivity contribution in [2.75, 3.05) is 4.31 Å². The van der Waals surface area contributed by atoms with Crippen molar-refractivity contribution in [2.45, 2.75) is 30.7 Å². The number of rotatable bonds is 5. The number of nitrogens with one attached hydrogen (secondary N) is 1. The lowest BCUT2D eigenvalue weighted by atomic mass is 9.96. The molecule has 1 aliphatic carbocycles. The average Bonchev–Trinajstić information content (AvgIpc) is 3.03. The molecule has 3 aromatic carbocycles. The van der Waals surface area contributed by atoms with Crippen LogP contribution in [-0.2, 0) is 16.6 Å². The van der Waals surface area contributed by atoms with Gasteiger partial charge in [0.1, 0.15) is 0 Å². The minimum absolute atomic E-state index is 0.200. The predicted molar refractivity (Wildman–Crippen MR) is 126 cm³/mol. The topological polar surface area (TPSA) is 78.8 Å². The van der Waals surface area contributed by atoms with E-state index >= 15 is 0 Å². The first kappa shape index (κ1) is 20.5. The third-order valence-electron chi connectivity index (χ3n) is 5.98. The summed E-state index contributed by atoms with van der Waals surface area (Å²) < 4.78 is 27.7. The lowest BCUT2D eigenvalue weighted by Crippen LogP contribution is -2.26. The van der Waals surface area contributed by atoms with E-state index in [4.69, 9.17) is 0 Å². The monoisotopic (exact) mass is 445 g/mol. The summed E-state index contributed by atoms with van der Waals surface area (Å²) >= 11 is 0. The standard InChI is InChI=1S/C25H23N3O3S/c29-25(27-26-16-18-6-2-1-3-7-18)21-14-12-19(13-15-21)17-28-22-10-4-8-20-9-5-11-23(24(20)22)32(28,30)31/h1-2,4-5,8-16,18H,3,6-7,17H2,(H,27,29)/b26-16+. The summed E-state index contributed by atoms with van der Waals surface area (Å²) in [6, 6.07) is 17.9. The lowest BCUT2D eigenvalue weighted by molar-refractivity contribution is 0.0955. The molecule has 6 nitrogen and oxygen atoms in total. The van der Waals surface area contributed by atoms with Gasteiger partial charge in [-0.2, -0.15) is 5.10 Å². The molecule has 1 heterocycles. The number of carbonyl (C=O) groups is 1. The molecule has 2 aliphatic rings. The molecule has 0 saturated heterocycles. The fourth-order valence-electron chi connectivity index (χ4n) is 4.27. The molecule has 0 bridgehead atoms. The minimum atomic E-state index is -3.62. The van der Waals surface area contributed by atoms with Gasteiger partial charge in [-0.05, 0) is 60.4 Å². The quantitative estimate of drug-likeness (QED) is 0.354. The van der Waals surface area contributed by atoms with E-state index < -0.39 is 10.0 Å². The van der Waals surface area contributed by atoms with Crippen LogP contribution in [0.4, 0.5) is 5.69 Å². The van der Waals surface area contributed by atoms with E-state index in [1.807, 2.05) is 24.3 Å². The SMILES string of the molecule is O=C(N/N=C/C1CC=CCC1)c1ccc(CN2c3cccc4cccc(c34)S2(=O)=O)cc1. The molecule has 0 aromatic heterocycles. The maximum atomic E-state index is 13.1. The maximum absolute atomic E-state index is 13.1. The number of carbonyl (C=O) groups excluding carboxylic acids is 1. The van der Waals surface area contributed by atoms with Gasteiger partial charge < -0.3 is 0 Å². The van der Waals surface area contributed by atoms with Crippen LogP contribution in [0.5, 0.6) is 0 Å². The summed E-state index contributed by atoms with van der Waals surface area (Å²) in [5.74, 6) is 0.0729. The van der Waals surface area contributed by atoms with Crippen LogP contribution in [0.2, 0.25) is 0 Å². The van der Waals surface area contributed by atoms with Crippen molar-refractivity contribution >= 4 is 38.6 Å². The van der Waals surface area contributed by atoms with Crippen molar-refractivity contribution < 1.29 is 13.2 Å². The van der Waals surface area contributed by atoms with Crippen LogP contribution in [0, 0.1) is 5.92 Å². The number of benzene rings is 3. The van der Waals surface area contributed by atoms with Crippen molar-refractivity contribution in [3.8, 4) is 0 Å². The summed E-state index contributed by atoms with van der Waals surface area (Å²) in [5, 5.41) is 5.76. The Balaban J connectivity index is 1.30. The molecule has 1 N–H and O–H groups in total. The van der Waals surface area contributed by atoms with E-state index in [9.17, 15) is 13.2 Å². The third-order valence-corrected chi connectivity index (χ3v) is 7.79. The van der Waals surface area contributed by atoms with Gasteiger partial charge in [0.15, 0.2) is 0 Å². The van der Waals surface area contributed by atoms with Crippen LogP contribution in [0.3, 0.4) is 0 Å². The van der Waals surface area contributed by atoms with Gasteiger partial charge in [-0.1, -0.05) is 48.6 Å². The summed E-state index contributed by atoms with van der Waals surface area (Å²) in [6.45, 7) is 0.200. The second-order valence-corrected chi connectivity index (χ2v) is 9.93. The maximum Gasteiger partial charge on any atom is 0.271 e. The van der Waals surface area contributed by atoms with Crippen LogP contribution < -0.4 is 9.73 Å². The van der Waals surface area contributed by atoms with Crippen molar-refractivity contribution in [3.05, 3.63) is 83.9 Å². The molecule has 32 heavy (non-hydrogen) atoms. The summed E-state index contributed by atoms with van der Waals surface area (Å²) in [7, 11) is -3.62. The van der Waals surface area contributed by atoms with E-state index in [0.29, 0.717) is 22.1 Å². The fourth-order valence-corrected chi connectivity index (χ4v) is 5.97. The lowest BCUT2D eigenvalue weighted by Gasteiger charge is -2.19. The minimum Gasteiger partial charge on any atom is -0.267 e. The van der Waals surface area contributed by atoms with Crippen LogP contribution in [-0.4, -0.2) is 20.5 Å². The van der Waals surface area contributed by atoms with Gasteiger partial charge >= 0.3 is 0 Å². The molecule has 1 amide bonds. The number of anilines is 1. The van der Waals surface area contributed by atoms with Crippen LogP contribution in [0.25, 0.3) is 10.8 Å². The Hall–Kier alpha value is -3.45. The third kappa shape index (κ3) is 3.69. The zero-order valence-electron chi connectivity index (χ0n) is 17.4. The van der Waals surface area contributed by atoms with Crippen molar-refractivity contribution in [3.63, 3.8) is 0 Å². The first-order chi connectivity index (χ1) is 15.5. The molecule has 1 atom stereocenters. The fraction of sp³-hybridized carbons (Fsp3) is 0.200. The van der Waals surface area contributed by atoms with Gasteiger partial charge in [-0.3, -0.25) is 9.10 Å². The zero-order chi connectivity index (χ0) is 22.1. The van der Waals surface area contributed by atoms with Crippen LogP contribution in [0.15, 0.2) is 82.8 Å². The second kappa shape index (κ2) is 8.24. The highest BCUT2D eigenvalue weighted by atomic mass is 32.2. The van der Waals surface area contributed by atoms with Crippen LogP contribution in [0.1, 0.15) is 35.2 Å². The first-order valence-corrected chi connectivity index (χ1v) is 12.1. The Bertz CT molecular complexity index is 1340. The molecule has 3 aromatic rings. The summed E-state index contributed by atoms with van der Waals surface area (Å²) in [4.78, 5) is 12.7. The normalized spacial score (nSPS) is 19.0. The Morgan fingerprint density at radius 1 is 1.06 bits per heavy atom. The molecule has 0 spiro atoms. The van der Waals surface area contributed by atoms with E-state index in [0.717, 1.165) is 35.6 Å². The van der Waals surface area contributed by atoms with Gasteiger partial charge in [-0.15, -0.1) is 0 Å². The number of nitrogens with zero attached hydrogens (tertiary/aromatic N) is 2. The molecule has 1 unspecified atom stereocenters. The van der Waals surface area contributed by atoms with E-state index in [1.165, 1.54) is 4.31 Å². The summed E-state index contributed by atoms with van der Waals surface area (Å²) in [6.07, 6.45) is 9.13. The number of amides is 1. The zero-order valence-corrected chi connectivity index (χ0v) is 18.3. The van der Waals surface area contributed by atoms with Gasteiger partial charge in [0, 0.05) is 17.2 Å². The number of hydrogen-bond donors (Lipinski definition) is 1. The van der Waals surface area contributed by atoms with Crippen molar-refractivity contribution in [2.24, 2.45) is 11.0 Å². The average molecular weight is 446 g/mol. The van der Waals surface area contributed by atoms with Gasteiger partial charge in [-0.25, -0.2) is 13.8 Å². The highest BCUT2D eigenvalue weighted by Crippen LogP contribution is 2.42. The molecule has 5 rings (SSSR count). The Kier molecular flexibility index (Phi) is 5.27. The van der Waals surface area contributed by atoms with E-state index in [-0.39, 0.29) is 12.5 Å². The van der Waals surface area contributed by atoms with Gasteiger partial charge in [0.25, 0.3) is 15.9 Å². The van der Waals surface area contributed by atoms with E-state index in [1.54, 1.807) is 42.6 Å². The molecule has 162 valence electrons. The molecule has 1 aliphatic heterocycles. The second-order valence-electron chi connectivity index (χ2n) is 8.10. The summed E-state index contributed by atoms with van der Waals surface area (Å²) in [5.41, 5.74) is 4.54. The molecule has 7 heteroatoms. The molecular weight excluding hydrogens is 422 g/mol. The highest BCUT2D eigenvalue weighted by molar-refractivity contribution is 7.93. The van der Waals surface area contributed by atoms with Gasteiger partial charge in [0.2, 0.25) is 0 Å². The smallest absolute Gasteiger partial charge is 0.267 e. The molecule has 0 fully saturated rings. The van der Waals surface area contributed by atoms with Crippen LogP contribution >= 0.6 is 0 Å². The molecule has 0 radical (unpaired) electrons. The Morgan fingerprint density at radius 2 is 1.84 bits per heavy atom. The van der Waals surface area contributed by atoms with Crippen molar-refractivity contribution in [1.29, 1.82) is 0 Å². The Morgan fingerprint density at radius 3 is 2.59 bits per heavy atom. The van der Waals surface area contributed by atoms with Gasteiger partial charge in [0.05, 0.1) is 17.1 Å². The highest BCUT2D eigenvalue weighted by Gasteiger charge is 2.35. The van der Waals surface area contributed by atoms with E-state index in [2.05, 4.69) is 22.7 Å². The first-order valence-electron chi connectivity index (χ1n) is 10.7. The number of sulfonamides is 1. The number of allylic oxidation sites excluding steroid dienone is 2. The number of hydrogen-bond acceptors (Lipinski definition) is 4. The predicted octanol–water partition coefficient (Wildman–Crippen LogP) is 4.62. The molecular formula is C25H23N3O3S. The molecule has 0 saturated carbocycles. The Labute approximate surface area is 187 Å². The van der Waals surface area contributed by atoms with Crippen molar-refractivity contribution in [1.82, 2.24) is 5.43 Å².